The van der Waals surface area contributed by atoms with E-state index in [2.05, 4.69) is 10.2 Å². The van der Waals surface area contributed by atoms with Gasteiger partial charge in [0.15, 0.2) is 11.5 Å². The van der Waals surface area contributed by atoms with E-state index in [1.807, 2.05) is 13.8 Å². The number of benzene rings is 1. The number of nitrogens with one attached hydrogen (secondary N) is 1. The number of esters is 1. The van der Waals surface area contributed by atoms with E-state index in [1.54, 1.807) is 18.2 Å². The van der Waals surface area contributed by atoms with Gasteiger partial charge in [0, 0.05) is 12.4 Å². The Labute approximate surface area is 177 Å². The zero-order valence-electron chi connectivity index (χ0n) is 17.5. The minimum atomic E-state index is -1.06. The number of aliphatic carboxylic acids is 1. The SMILES string of the molecule is COC(=O)c1cn([C@@H](CC(=O)O)c2ccc(OC(C)C)c(OC)c2)cc2c(=O)[nH]nc1-2. The Kier molecular flexibility index (Phi) is 6.28. The summed E-state index contributed by atoms with van der Waals surface area (Å²) in [6, 6.07) is 4.34. The molecule has 2 heterocycles. The van der Waals surface area contributed by atoms with Crippen molar-refractivity contribution in [3.63, 3.8) is 0 Å². The molecule has 10 heteroatoms. The summed E-state index contributed by atoms with van der Waals surface area (Å²) in [5, 5.41) is 15.7. The van der Waals surface area contributed by atoms with Crippen LogP contribution in [0.15, 0.2) is 35.4 Å². The topological polar surface area (TPSA) is 133 Å². The molecule has 1 atom stereocenters. The second-order valence-electron chi connectivity index (χ2n) is 7.12. The molecule has 3 rings (SSSR count). The van der Waals surface area contributed by atoms with Crippen LogP contribution in [0.2, 0.25) is 0 Å². The fourth-order valence-corrected chi connectivity index (χ4v) is 3.30. The number of carboxylic acids is 1. The first kappa shape index (κ1) is 21.9. The van der Waals surface area contributed by atoms with E-state index in [0.717, 1.165) is 0 Å². The van der Waals surface area contributed by atoms with Gasteiger partial charge in [0.1, 0.15) is 11.3 Å². The summed E-state index contributed by atoms with van der Waals surface area (Å²) >= 11 is 0. The first-order valence-electron chi connectivity index (χ1n) is 9.49. The Morgan fingerprint density at radius 2 is 1.94 bits per heavy atom. The molecule has 0 radical (unpaired) electrons. The predicted octanol–water partition coefficient (Wildman–Crippen LogP) is 2.32. The number of hydrogen-bond donors (Lipinski definition) is 2. The number of carbonyl (C=O) groups is 2. The highest BCUT2D eigenvalue weighted by Crippen LogP contribution is 2.34. The van der Waals surface area contributed by atoms with E-state index in [0.29, 0.717) is 17.1 Å². The highest BCUT2D eigenvalue weighted by molar-refractivity contribution is 5.96. The van der Waals surface area contributed by atoms with Gasteiger partial charge < -0.3 is 23.9 Å². The van der Waals surface area contributed by atoms with Crippen LogP contribution in [0.4, 0.5) is 0 Å². The number of rotatable bonds is 8. The summed E-state index contributed by atoms with van der Waals surface area (Å²) in [6.45, 7) is 3.76. The van der Waals surface area contributed by atoms with Crippen molar-refractivity contribution >= 4 is 11.9 Å². The van der Waals surface area contributed by atoms with Crippen LogP contribution < -0.4 is 15.0 Å². The third-order valence-electron chi connectivity index (χ3n) is 4.65. The van der Waals surface area contributed by atoms with E-state index in [4.69, 9.17) is 14.2 Å². The van der Waals surface area contributed by atoms with E-state index in [9.17, 15) is 19.5 Å². The van der Waals surface area contributed by atoms with Gasteiger partial charge in [0.25, 0.3) is 5.56 Å². The van der Waals surface area contributed by atoms with Crippen LogP contribution in [0.25, 0.3) is 11.3 Å². The van der Waals surface area contributed by atoms with Crippen molar-refractivity contribution in [1.29, 1.82) is 0 Å². The van der Waals surface area contributed by atoms with E-state index >= 15 is 0 Å². The molecular weight excluding hydrogens is 406 g/mol. The van der Waals surface area contributed by atoms with Crippen molar-refractivity contribution in [3.8, 4) is 22.8 Å². The number of carbonyl (C=O) groups excluding carboxylic acids is 1. The minimum Gasteiger partial charge on any atom is -0.493 e. The van der Waals surface area contributed by atoms with Gasteiger partial charge in [-0.2, -0.15) is 5.10 Å². The molecule has 0 amide bonds. The van der Waals surface area contributed by atoms with Gasteiger partial charge in [-0.05, 0) is 31.5 Å². The Morgan fingerprint density at radius 3 is 2.55 bits per heavy atom. The van der Waals surface area contributed by atoms with Crippen molar-refractivity contribution < 1.29 is 28.9 Å². The number of aromatic nitrogens is 3. The highest BCUT2D eigenvalue weighted by atomic mass is 16.5. The van der Waals surface area contributed by atoms with E-state index < -0.39 is 23.5 Å². The van der Waals surface area contributed by atoms with E-state index in [1.165, 1.54) is 31.2 Å². The maximum Gasteiger partial charge on any atom is 0.341 e. The van der Waals surface area contributed by atoms with Gasteiger partial charge in [0.2, 0.25) is 0 Å². The van der Waals surface area contributed by atoms with Crippen molar-refractivity contribution in [3.05, 3.63) is 52.1 Å². The standard InChI is InChI=1S/C21H23N3O7/c1-11(2)31-16-6-5-12(7-17(16)29-3)15(8-18(25)26)24-9-13-19(22-23-20(13)27)14(10-24)21(28)30-4/h5-7,9-11,15H,8H2,1-4H3,(H,23,27)(H,25,26)/t15-/m0/s1. The molecular formula is C21H23N3O7. The van der Waals surface area contributed by atoms with Gasteiger partial charge in [-0.1, -0.05) is 6.07 Å². The monoisotopic (exact) mass is 429 g/mol. The van der Waals surface area contributed by atoms with Crippen molar-refractivity contribution in [2.45, 2.75) is 32.4 Å². The molecule has 31 heavy (non-hydrogen) atoms. The largest absolute Gasteiger partial charge is 0.493 e. The Morgan fingerprint density at radius 1 is 1.19 bits per heavy atom. The number of methoxy groups -OCH3 is 2. The molecule has 1 aromatic rings. The van der Waals surface area contributed by atoms with Crippen LogP contribution in [0, 0.1) is 0 Å². The number of carboxylic acid groups (broad SMARTS) is 1. The number of ether oxygens (including phenoxy) is 3. The molecule has 0 fully saturated rings. The lowest BCUT2D eigenvalue weighted by atomic mass is 10.0. The summed E-state index contributed by atoms with van der Waals surface area (Å²) < 4.78 is 17.4. The van der Waals surface area contributed by atoms with E-state index in [-0.39, 0.29) is 29.3 Å². The molecule has 2 N–H and O–H groups in total. The number of aromatic amines is 1. The lowest BCUT2D eigenvalue weighted by Crippen LogP contribution is -2.19. The van der Waals surface area contributed by atoms with Crippen LogP contribution in [0.3, 0.4) is 0 Å². The summed E-state index contributed by atoms with van der Waals surface area (Å²) in [4.78, 5) is 36.1. The average molecular weight is 429 g/mol. The van der Waals surface area contributed by atoms with Crippen molar-refractivity contribution in [2.24, 2.45) is 0 Å². The summed E-state index contributed by atoms with van der Waals surface area (Å²) in [7, 11) is 2.70. The minimum absolute atomic E-state index is 0.0421. The third kappa shape index (κ3) is 4.52. The Balaban J connectivity index is 2.18. The molecule has 0 aliphatic carbocycles. The lowest BCUT2D eigenvalue weighted by Gasteiger charge is -2.23. The molecule has 10 nitrogen and oxygen atoms in total. The first-order chi connectivity index (χ1) is 14.7. The Hall–Kier alpha value is -3.82. The second kappa shape index (κ2) is 8.90. The zero-order valence-corrected chi connectivity index (χ0v) is 17.5. The fourth-order valence-electron chi connectivity index (χ4n) is 3.30. The molecule has 0 bridgehead atoms. The van der Waals surface area contributed by atoms with Crippen LogP contribution >= 0.6 is 0 Å². The molecule has 0 aromatic heterocycles. The molecule has 164 valence electrons. The maximum atomic E-state index is 12.3. The summed E-state index contributed by atoms with van der Waals surface area (Å²) in [5.74, 6) is -0.807. The average Bonchev–Trinajstić information content (AvgIpc) is 3.11. The number of H-pyrrole nitrogens is 1. The lowest BCUT2D eigenvalue weighted by molar-refractivity contribution is -0.137. The number of pyridine rings is 1. The molecule has 2 aliphatic heterocycles. The fraction of sp³-hybridized carbons (Fsp3) is 0.333. The highest BCUT2D eigenvalue weighted by Gasteiger charge is 2.26. The third-order valence-corrected chi connectivity index (χ3v) is 4.65. The normalized spacial score (nSPS) is 12.0. The van der Waals surface area contributed by atoms with Gasteiger partial charge >= 0.3 is 11.9 Å². The Bertz CT molecular complexity index is 1130. The van der Waals surface area contributed by atoms with Gasteiger partial charge in [-0.15, -0.1) is 0 Å². The van der Waals surface area contributed by atoms with Crippen LogP contribution in [0.5, 0.6) is 11.5 Å². The quantitative estimate of drug-likeness (QED) is 0.521. The summed E-state index contributed by atoms with van der Waals surface area (Å²) in [6.07, 6.45) is 2.50. The molecule has 0 unspecified atom stereocenters. The molecule has 0 saturated carbocycles. The zero-order chi connectivity index (χ0) is 22.7. The number of fused-ring (bicyclic) bond motifs is 1. The van der Waals surface area contributed by atoms with Gasteiger partial charge in [-0.3, -0.25) is 9.59 Å². The molecule has 0 spiro atoms. The summed E-state index contributed by atoms with van der Waals surface area (Å²) in [5.41, 5.74) is 0.430. The second-order valence-corrected chi connectivity index (χ2v) is 7.12. The number of nitrogens with zero attached hydrogens (tertiary/aromatic N) is 2. The van der Waals surface area contributed by atoms with Gasteiger partial charge in [0.05, 0.1) is 38.3 Å². The molecule has 1 aromatic carbocycles. The number of hydrogen-bond acceptors (Lipinski definition) is 7. The maximum absolute atomic E-state index is 12.3. The molecule has 0 saturated heterocycles. The smallest absolute Gasteiger partial charge is 0.341 e. The first-order valence-corrected chi connectivity index (χ1v) is 9.49. The molecule has 2 aliphatic rings. The van der Waals surface area contributed by atoms with Crippen molar-refractivity contribution in [2.75, 3.05) is 14.2 Å². The van der Waals surface area contributed by atoms with Crippen LogP contribution in [0.1, 0.15) is 42.2 Å². The predicted molar refractivity (Wildman–Crippen MR) is 110 cm³/mol. The van der Waals surface area contributed by atoms with Gasteiger partial charge in [-0.25, -0.2) is 9.89 Å². The van der Waals surface area contributed by atoms with Crippen LogP contribution in [-0.4, -0.2) is 52.1 Å². The van der Waals surface area contributed by atoms with Crippen molar-refractivity contribution in [1.82, 2.24) is 14.8 Å². The van der Waals surface area contributed by atoms with Crippen LogP contribution in [-0.2, 0) is 9.53 Å².